The van der Waals surface area contributed by atoms with Crippen molar-refractivity contribution in [3.8, 4) is 11.6 Å². The maximum atomic E-state index is 13.7. The molecule has 0 bridgehead atoms. The van der Waals surface area contributed by atoms with Crippen molar-refractivity contribution in [2.24, 2.45) is 0 Å². The van der Waals surface area contributed by atoms with Gasteiger partial charge in [0.2, 0.25) is 11.8 Å². The van der Waals surface area contributed by atoms with Gasteiger partial charge in [-0.15, -0.1) is 0 Å². The molecule has 0 atom stereocenters. The van der Waals surface area contributed by atoms with Gasteiger partial charge in [0.25, 0.3) is 5.91 Å². The predicted molar refractivity (Wildman–Crippen MR) is 120 cm³/mol. The molecule has 1 aromatic heterocycles. The summed E-state index contributed by atoms with van der Waals surface area (Å²) in [4.78, 5) is 24.5. The number of halogens is 3. The molecule has 35 heavy (non-hydrogen) atoms. The molecule has 2 aromatic carbocycles. The van der Waals surface area contributed by atoms with Gasteiger partial charge in [0.15, 0.2) is 0 Å². The van der Waals surface area contributed by atoms with E-state index in [1.807, 2.05) is 13.0 Å². The Morgan fingerprint density at radius 2 is 2.06 bits per heavy atom. The van der Waals surface area contributed by atoms with Crippen molar-refractivity contribution < 1.29 is 32.3 Å². The Morgan fingerprint density at radius 1 is 1.23 bits per heavy atom. The van der Waals surface area contributed by atoms with Crippen LogP contribution < -0.4 is 15.5 Å². The van der Waals surface area contributed by atoms with E-state index in [1.165, 1.54) is 7.11 Å². The fraction of sp³-hybridized carbons (Fsp3) is 0.292. The molecule has 0 fully saturated rings. The molecule has 0 spiro atoms. The third-order valence-electron chi connectivity index (χ3n) is 5.45. The van der Waals surface area contributed by atoms with Crippen molar-refractivity contribution in [3.63, 3.8) is 0 Å². The Kier molecular flexibility index (Phi) is 7.17. The molecule has 4 rings (SSSR count). The van der Waals surface area contributed by atoms with Crippen LogP contribution in [0.2, 0.25) is 0 Å². The molecule has 2 heterocycles. The van der Waals surface area contributed by atoms with Crippen molar-refractivity contribution in [1.82, 2.24) is 15.4 Å². The van der Waals surface area contributed by atoms with Gasteiger partial charge < -0.3 is 14.8 Å². The molecule has 0 unspecified atom stereocenters. The number of alkyl halides is 3. The summed E-state index contributed by atoms with van der Waals surface area (Å²) >= 11 is 0. The lowest BCUT2D eigenvalue weighted by atomic mass is 10.0. The normalized spacial score (nSPS) is 13.2. The van der Waals surface area contributed by atoms with Crippen molar-refractivity contribution in [2.45, 2.75) is 32.5 Å². The van der Waals surface area contributed by atoms with E-state index in [1.54, 1.807) is 30.3 Å². The average molecular weight is 488 g/mol. The largest absolute Gasteiger partial charge is 0.438 e. The molecule has 3 aromatic rings. The van der Waals surface area contributed by atoms with Gasteiger partial charge in [-0.1, -0.05) is 19.1 Å². The van der Waals surface area contributed by atoms with E-state index in [9.17, 15) is 18.0 Å². The molecule has 2 N–H and O–H groups in total. The van der Waals surface area contributed by atoms with Crippen LogP contribution in [0.5, 0.6) is 11.6 Å². The van der Waals surface area contributed by atoms with E-state index in [0.717, 1.165) is 11.1 Å². The number of hydrogen-bond acceptors (Lipinski definition) is 7. The zero-order chi connectivity index (χ0) is 25.0. The first kappa shape index (κ1) is 24.4. The Labute approximate surface area is 199 Å². The smallest absolute Gasteiger partial charge is 0.423 e. The maximum Gasteiger partial charge on any atom is 0.423 e. The van der Waals surface area contributed by atoms with Crippen LogP contribution in [0.1, 0.15) is 39.5 Å². The molecule has 1 aliphatic rings. The summed E-state index contributed by atoms with van der Waals surface area (Å²) < 4.78 is 52.2. The van der Waals surface area contributed by atoms with Gasteiger partial charge in [0.05, 0.1) is 20.3 Å². The van der Waals surface area contributed by atoms with Gasteiger partial charge in [-0.2, -0.15) is 18.2 Å². The van der Waals surface area contributed by atoms with Crippen LogP contribution in [-0.2, 0) is 35.2 Å². The molecule has 0 aliphatic carbocycles. The van der Waals surface area contributed by atoms with E-state index in [-0.39, 0.29) is 18.3 Å². The molecule has 11 heteroatoms. The highest BCUT2D eigenvalue weighted by Gasteiger charge is 2.37. The lowest BCUT2D eigenvalue weighted by molar-refractivity contribution is -0.139. The number of fused-ring (bicyclic) bond motifs is 1. The lowest BCUT2D eigenvalue weighted by Gasteiger charge is -2.20. The summed E-state index contributed by atoms with van der Waals surface area (Å²) in [5, 5.41) is 2.93. The van der Waals surface area contributed by atoms with E-state index >= 15 is 0 Å². The zero-order valence-corrected chi connectivity index (χ0v) is 19.0. The topological polar surface area (TPSA) is 94.6 Å². The van der Waals surface area contributed by atoms with E-state index < -0.39 is 23.5 Å². The third-order valence-corrected chi connectivity index (χ3v) is 5.45. The number of anilines is 2. The van der Waals surface area contributed by atoms with Crippen molar-refractivity contribution in [1.29, 1.82) is 0 Å². The van der Waals surface area contributed by atoms with Crippen molar-refractivity contribution >= 4 is 17.5 Å². The highest BCUT2D eigenvalue weighted by atomic mass is 19.4. The molecular weight excluding hydrogens is 465 g/mol. The standard InChI is InChI=1S/C24H23F3N4O4/c1-3-14-11-16(21(32)31-33-2)7-8-19(14)29-23-28-12-18(24(25,26)27)22(30-23)35-20-6-4-5-15-9-10-34-13-17(15)20/h4-8,11-12H,3,9-10,13H2,1-2H3,(H,31,32)(H,28,29,30). The van der Waals surface area contributed by atoms with Gasteiger partial charge in [-0.3, -0.25) is 9.63 Å². The fourth-order valence-electron chi connectivity index (χ4n) is 3.69. The number of aromatic nitrogens is 2. The summed E-state index contributed by atoms with van der Waals surface area (Å²) in [6.45, 7) is 2.66. The second kappa shape index (κ2) is 10.3. The summed E-state index contributed by atoms with van der Waals surface area (Å²) in [6.07, 6.45) is -2.85. The Hall–Kier alpha value is -3.70. The van der Waals surface area contributed by atoms with Crippen LogP contribution >= 0.6 is 0 Å². The summed E-state index contributed by atoms with van der Waals surface area (Å²) in [6, 6.07) is 10.0. The minimum atomic E-state index is -4.72. The molecular formula is C24H23F3N4O4. The van der Waals surface area contributed by atoms with Crippen LogP contribution in [0.15, 0.2) is 42.6 Å². The van der Waals surface area contributed by atoms with Gasteiger partial charge in [-0.25, -0.2) is 10.5 Å². The third kappa shape index (κ3) is 5.52. The van der Waals surface area contributed by atoms with E-state index in [4.69, 9.17) is 9.47 Å². The number of nitrogens with zero attached hydrogens (tertiary/aromatic N) is 2. The molecule has 8 nitrogen and oxygen atoms in total. The quantitative estimate of drug-likeness (QED) is 0.454. The fourth-order valence-corrected chi connectivity index (χ4v) is 3.69. The van der Waals surface area contributed by atoms with Gasteiger partial charge >= 0.3 is 6.18 Å². The van der Waals surface area contributed by atoms with Crippen LogP contribution in [0.3, 0.4) is 0 Å². The summed E-state index contributed by atoms with van der Waals surface area (Å²) in [5.74, 6) is -0.883. The molecule has 1 aliphatic heterocycles. The molecule has 0 radical (unpaired) electrons. The second-order valence-electron chi connectivity index (χ2n) is 7.69. The van der Waals surface area contributed by atoms with Crippen LogP contribution in [0.25, 0.3) is 0 Å². The number of hydroxylamine groups is 1. The Morgan fingerprint density at radius 3 is 2.80 bits per heavy atom. The van der Waals surface area contributed by atoms with Crippen molar-refractivity contribution in [2.75, 3.05) is 19.0 Å². The van der Waals surface area contributed by atoms with E-state index in [0.29, 0.717) is 42.5 Å². The molecule has 0 saturated heterocycles. The monoisotopic (exact) mass is 488 g/mol. The first-order valence-electron chi connectivity index (χ1n) is 10.8. The Bertz CT molecular complexity index is 1230. The van der Waals surface area contributed by atoms with Gasteiger partial charge in [-0.05, 0) is 48.2 Å². The minimum Gasteiger partial charge on any atom is -0.438 e. The summed E-state index contributed by atoms with van der Waals surface area (Å²) in [7, 11) is 1.33. The zero-order valence-electron chi connectivity index (χ0n) is 19.0. The number of amides is 1. The first-order chi connectivity index (χ1) is 16.8. The summed E-state index contributed by atoms with van der Waals surface area (Å²) in [5.41, 5.74) is 4.43. The lowest BCUT2D eigenvalue weighted by Crippen LogP contribution is -2.22. The van der Waals surface area contributed by atoms with Gasteiger partial charge in [0.1, 0.15) is 11.3 Å². The number of nitrogens with one attached hydrogen (secondary N) is 2. The number of carbonyl (C=O) groups excluding carboxylic acids is 1. The highest BCUT2D eigenvalue weighted by molar-refractivity contribution is 5.94. The van der Waals surface area contributed by atoms with Crippen LogP contribution in [0.4, 0.5) is 24.8 Å². The number of rotatable bonds is 7. The average Bonchev–Trinajstić information content (AvgIpc) is 2.84. The predicted octanol–water partition coefficient (Wildman–Crippen LogP) is 4.96. The van der Waals surface area contributed by atoms with Crippen molar-refractivity contribution in [3.05, 3.63) is 70.4 Å². The Balaban J connectivity index is 1.67. The van der Waals surface area contributed by atoms with Crippen LogP contribution in [-0.4, -0.2) is 29.6 Å². The number of aryl methyl sites for hydroxylation is 1. The molecule has 0 saturated carbocycles. The molecule has 184 valence electrons. The van der Waals surface area contributed by atoms with Gasteiger partial charge in [0, 0.05) is 23.0 Å². The number of ether oxygens (including phenoxy) is 2. The van der Waals surface area contributed by atoms with Crippen LogP contribution in [0, 0.1) is 0 Å². The molecule has 1 amide bonds. The number of benzene rings is 2. The second-order valence-corrected chi connectivity index (χ2v) is 7.69. The number of carbonyl (C=O) groups is 1. The van der Waals surface area contributed by atoms with E-state index in [2.05, 4.69) is 25.6 Å². The SMILES string of the molecule is CCc1cc(C(=O)NOC)ccc1Nc1ncc(C(F)(F)F)c(Oc2cccc3c2COCC3)n1. The highest BCUT2D eigenvalue weighted by Crippen LogP contribution is 2.39. The maximum absolute atomic E-state index is 13.7. The first-order valence-corrected chi connectivity index (χ1v) is 10.8. The number of hydrogen-bond donors (Lipinski definition) is 2. The minimum absolute atomic E-state index is 0.0853.